The number of fused-ring (bicyclic) bond motifs is 1. The Morgan fingerprint density at radius 3 is 2.53 bits per heavy atom. The van der Waals surface area contributed by atoms with Gasteiger partial charge in [-0.1, -0.05) is 6.92 Å². The summed E-state index contributed by atoms with van der Waals surface area (Å²) >= 11 is 1.32. The Kier molecular flexibility index (Phi) is 6.32. The Morgan fingerprint density at radius 1 is 1.24 bits per heavy atom. The number of aliphatic hydroxyl groups excluding tert-OH is 1. The lowest BCUT2D eigenvalue weighted by Crippen LogP contribution is -2.63. The standard InChI is InChI=1S/C22H25N3O8S/c1-8-16-15(9(2)26)20(29)25(16)17(22(32)33)18(8)34-11-6-13(23-7-11)19(28)24-12-4-3-10(21(30)31)5-14(12)27/h3-5,8-9,11,13,15-16,23,26-27H,6-7H2,1-2H3,(H,24,28)(H,30,31)(H,32,33)/t8-,9-,11+,13+,15-,16-/m1/s1. The van der Waals surface area contributed by atoms with Crippen molar-refractivity contribution in [2.75, 3.05) is 11.9 Å². The van der Waals surface area contributed by atoms with Crippen LogP contribution in [0.5, 0.6) is 5.75 Å². The Hall–Kier alpha value is -3.09. The van der Waals surface area contributed by atoms with Gasteiger partial charge >= 0.3 is 11.9 Å². The molecule has 0 spiro atoms. The number of aromatic hydroxyl groups is 1. The minimum Gasteiger partial charge on any atom is -0.506 e. The molecule has 4 rings (SSSR count). The topological polar surface area (TPSA) is 176 Å². The normalized spacial score (nSPS) is 29.0. The number of phenols is 1. The highest BCUT2D eigenvalue weighted by Gasteiger charge is 2.60. The molecule has 12 heteroatoms. The summed E-state index contributed by atoms with van der Waals surface area (Å²) in [6.07, 6.45) is -0.496. The molecule has 0 aliphatic carbocycles. The lowest BCUT2D eigenvalue weighted by atomic mass is 9.79. The van der Waals surface area contributed by atoms with Gasteiger partial charge in [-0.25, -0.2) is 9.59 Å². The van der Waals surface area contributed by atoms with Gasteiger partial charge in [0, 0.05) is 22.6 Å². The molecule has 0 saturated carbocycles. The number of anilines is 1. The first kappa shape index (κ1) is 24.0. The van der Waals surface area contributed by atoms with Crippen LogP contribution in [0.25, 0.3) is 0 Å². The van der Waals surface area contributed by atoms with Gasteiger partial charge in [-0.2, -0.15) is 0 Å². The quantitative estimate of drug-likeness (QED) is 0.234. The minimum absolute atomic E-state index is 0.0549. The van der Waals surface area contributed by atoms with Gasteiger partial charge in [-0.3, -0.25) is 9.59 Å². The summed E-state index contributed by atoms with van der Waals surface area (Å²) in [5, 5.41) is 44.2. The van der Waals surface area contributed by atoms with Crippen LogP contribution >= 0.6 is 11.8 Å². The molecule has 2 fully saturated rings. The van der Waals surface area contributed by atoms with Gasteiger partial charge in [0.2, 0.25) is 11.8 Å². The number of amides is 2. The number of β-lactam (4-membered cyclic amide) rings is 1. The molecule has 0 unspecified atom stereocenters. The monoisotopic (exact) mass is 491 g/mol. The number of nitrogens with one attached hydrogen (secondary N) is 2. The van der Waals surface area contributed by atoms with Gasteiger partial charge in [-0.15, -0.1) is 11.8 Å². The van der Waals surface area contributed by atoms with Crippen LogP contribution in [-0.4, -0.2) is 79.1 Å². The number of aliphatic hydroxyl groups is 1. The van der Waals surface area contributed by atoms with Gasteiger partial charge in [0.25, 0.3) is 0 Å². The maximum atomic E-state index is 12.7. The molecule has 11 nitrogen and oxygen atoms in total. The maximum Gasteiger partial charge on any atom is 0.353 e. The van der Waals surface area contributed by atoms with E-state index in [0.29, 0.717) is 17.9 Å². The van der Waals surface area contributed by atoms with E-state index in [1.165, 1.54) is 35.7 Å². The summed E-state index contributed by atoms with van der Waals surface area (Å²) in [4.78, 5) is 49.9. The number of aromatic carboxylic acids is 1. The van der Waals surface area contributed by atoms with Crippen molar-refractivity contribution in [2.45, 2.75) is 43.7 Å². The SMILES string of the molecule is C[C@@H](O)[C@H]1C(=O)N2C(C(=O)O)=C(S[C@@H]3CN[C@H](C(=O)Nc4ccc(C(=O)O)cc4O)C3)[C@H](C)[C@H]12. The Bertz CT molecular complexity index is 1100. The van der Waals surface area contributed by atoms with Crippen LogP contribution < -0.4 is 10.6 Å². The van der Waals surface area contributed by atoms with Crippen LogP contribution in [0.1, 0.15) is 30.6 Å². The van der Waals surface area contributed by atoms with Gasteiger partial charge in [0.15, 0.2) is 0 Å². The molecule has 6 atom stereocenters. The summed E-state index contributed by atoms with van der Waals surface area (Å²) in [5.74, 6) is -4.47. The number of carboxylic acids is 2. The number of hydrogen-bond donors (Lipinski definition) is 6. The fourth-order valence-corrected chi connectivity index (χ4v) is 6.32. The van der Waals surface area contributed by atoms with E-state index in [0.717, 1.165) is 6.07 Å². The first-order valence-corrected chi connectivity index (χ1v) is 11.6. The lowest BCUT2D eigenvalue weighted by molar-refractivity contribution is -0.163. The van der Waals surface area contributed by atoms with Crippen LogP contribution in [0, 0.1) is 11.8 Å². The van der Waals surface area contributed by atoms with Crippen molar-refractivity contribution in [3.8, 4) is 5.75 Å². The van der Waals surface area contributed by atoms with E-state index in [9.17, 15) is 34.5 Å². The molecule has 2 saturated heterocycles. The zero-order valence-electron chi connectivity index (χ0n) is 18.4. The number of carbonyl (C=O) groups is 4. The first-order valence-electron chi connectivity index (χ1n) is 10.8. The number of carboxylic acid groups (broad SMARTS) is 2. The predicted molar refractivity (Wildman–Crippen MR) is 121 cm³/mol. The predicted octanol–water partition coefficient (Wildman–Crippen LogP) is 0.646. The molecule has 3 aliphatic heterocycles. The average molecular weight is 492 g/mol. The van der Waals surface area contributed by atoms with E-state index in [-0.39, 0.29) is 33.9 Å². The number of hydrogen-bond acceptors (Lipinski definition) is 8. The largest absolute Gasteiger partial charge is 0.506 e. The van der Waals surface area contributed by atoms with E-state index in [1.807, 2.05) is 6.92 Å². The minimum atomic E-state index is -1.20. The van der Waals surface area contributed by atoms with Crippen molar-refractivity contribution in [2.24, 2.45) is 11.8 Å². The Morgan fingerprint density at radius 2 is 1.94 bits per heavy atom. The molecule has 0 bridgehead atoms. The fraction of sp³-hybridized carbons (Fsp3) is 0.455. The highest BCUT2D eigenvalue weighted by molar-refractivity contribution is 8.03. The van der Waals surface area contributed by atoms with Crippen molar-refractivity contribution in [1.82, 2.24) is 10.2 Å². The number of nitrogens with zero attached hydrogens (tertiary/aromatic N) is 1. The lowest BCUT2D eigenvalue weighted by Gasteiger charge is -2.46. The summed E-state index contributed by atoms with van der Waals surface area (Å²) < 4.78 is 0. The number of carbonyl (C=O) groups excluding carboxylic acids is 2. The van der Waals surface area contributed by atoms with E-state index < -0.39 is 47.9 Å². The van der Waals surface area contributed by atoms with E-state index in [2.05, 4.69) is 10.6 Å². The molecular weight excluding hydrogens is 466 g/mol. The molecule has 3 heterocycles. The highest BCUT2D eigenvalue weighted by Crippen LogP contribution is 2.51. The molecular formula is C22H25N3O8S. The van der Waals surface area contributed by atoms with Gasteiger partial charge in [0.1, 0.15) is 11.4 Å². The summed E-state index contributed by atoms with van der Waals surface area (Å²) in [6, 6.07) is 2.62. The van der Waals surface area contributed by atoms with Gasteiger partial charge in [-0.05, 0) is 31.5 Å². The van der Waals surface area contributed by atoms with Crippen molar-refractivity contribution in [1.29, 1.82) is 0 Å². The third-order valence-corrected chi connectivity index (χ3v) is 8.03. The number of rotatable bonds is 7. The van der Waals surface area contributed by atoms with E-state index in [1.54, 1.807) is 0 Å². The van der Waals surface area contributed by atoms with Crippen molar-refractivity contribution >= 4 is 41.2 Å². The highest BCUT2D eigenvalue weighted by atomic mass is 32.2. The van der Waals surface area contributed by atoms with Crippen LogP contribution in [0.3, 0.4) is 0 Å². The van der Waals surface area contributed by atoms with Crippen LogP contribution in [0.4, 0.5) is 5.69 Å². The van der Waals surface area contributed by atoms with Crippen LogP contribution in [0.2, 0.25) is 0 Å². The Labute approximate surface area is 198 Å². The molecule has 34 heavy (non-hydrogen) atoms. The van der Waals surface area contributed by atoms with Crippen molar-refractivity contribution in [3.05, 3.63) is 34.4 Å². The second-order valence-electron chi connectivity index (χ2n) is 8.73. The average Bonchev–Trinajstić information content (AvgIpc) is 3.31. The third kappa shape index (κ3) is 4.01. The maximum absolute atomic E-state index is 12.7. The van der Waals surface area contributed by atoms with Crippen LogP contribution in [-0.2, 0) is 14.4 Å². The fourth-order valence-electron chi connectivity index (χ4n) is 4.84. The molecule has 0 radical (unpaired) electrons. The first-order chi connectivity index (χ1) is 16.0. The van der Waals surface area contributed by atoms with E-state index >= 15 is 0 Å². The Balaban J connectivity index is 1.43. The molecule has 0 aromatic heterocycles. The summed E-state index contributed by atoms with van der Waals surface area (Å²) in [6.45, 7) is 3.79. The smallest absolute Gasteiger partial charge is 0.353 e. The number of phenolic OH excluding ortho intramolecular Hbond substituents is 1. The third-order valence-electron chi connectivity index (χ3n) is 6.51. The van der Waals surface area contributed by atoms with Crippen molar-refractivity contribution in [3.63, 3.8) is 0 Å². The number of thioether (sulfide) groups is 1. The molecule has 1 aromatic carbocycles. The van der Waals surface area contributed by atoms with Gasteiger partial charge in [0.05, 0.1) is 35.4 Å². The molecule has 3 aliphatic rings. The molecule has 1 aromatic rings. The van der Waals surface area contributed by atoms with Crippen molar-refractivity contribution < 1.29 is 39.6 Å². The summed E-state index contributed by atoms with van der Waals surface area (Å²) in [5.41, 5.74) is -0.0823. The molecule has 182 valence electrons. The molecule has 6 N–H and O–H groups in total. The number of benzene rings is 1. The second kappa shape index (κ2) is 8.93. The van der Waals surface area contributed by atoms with Crippen LogP contribution in [0.15, 0.2) is 28.8 Å². The zero-order valence-corrected chi connectivity index (χ0v) is 19.2. The second-order valence-corrected chi connectivity index (χ2v) is 10.1. The van der Waals surface area contributed by atoms with E-state index in [4.69, 9.17) is 5.11 Å². The molecule has 2 amide bonds. The summed E-state index contributed by atoms with van der Waals surface area (Å²) in [7, 11) is 0. The zero-order chi connectivity index (χ0) is 24.9. The number of aliphatic carboxylic acids is 1. The van der Waals surface area contributed by atoms with Gasteiger partial charge < -0.3 is 36.0 Å².